The van der Waals surface area contributed by atoms with Crippen molar-refractivity contribution < 1.29 is 0 Å². The first-order chi connectivity index (χ1) is 14.6. The maximum Gasteiger partial charge on any atom is 0.266 e. The van der Waals surface area contributed by atoms with E-state index in [1.54, 1.807) is 21.5 Å². The Balaban J connectivity index is 1.19. The lowest BCUT2D eigenvalue weighted by molar-refractivity contribution is 0.242. The lowest BCUT2D eigenvalue weighted by atomic mass is 10.3. The molecule has 1 saturated carbocycles. The van der Waals surface area contributed by atoms with Crippen molar-refractivity contribution in [2.75, 3.05) is 37.6 Å². The Kier molecular flexibility index (Phi) is 5.11. The van der Waals surface area contributed by atoms with Crippen molar-refractivity contribution in [3.63, 3.8) is 0 Å². The fraction of sp³-hybridized carbons (Fsp3) is 0.550. The molecule has 0 bridgehead atoms. The molecule has 30 heavy (non-hydrogen) atoms. The van der Waals surface area contributed by atoms with Crippen LogP contribution in [-0.4, -0.2) is 66.5 Å². The lowest BCUT2D eigenvalue weighted by Crippen LogP contribution is -2.47. The molecule has 10 heteroatoms. The second kappa shape index (κ2) is 7.92. The van der Waals surface area contributed by atoms with E-state index in [1.807, 2.05) is 19.9 Å². The first-order valence-corrected chi connectivity index (χ1v) is 11.3. The van der Waals surface area contributed by atoms with Crippen LogP contribution in [-0.2, 0) is 6.54 Å². The highest BCUT2D eigenvalue weighted by Gasteiger charge is 2.29. The quantitative estimate of drug-likeness (QED) is 0.592. The average Bonchev–Trinajstić information content (AvgIpc) is 3.38. The highest BCUT2D eigenvalue weighted by molar-refractivity contribution is 7.09. The fourth-order valence-corrected chi connectivity index (χ4v) is 4.63. The number of hydrogen-bond acceptors (Lipinski definition) is 8. The van der Waals surface area contributed by atoms with Crippen LogP contribution < -0.4 is 10.5 Å². The van der Waals surface area contributed by atoms with Crippen LogP contribution in [0.3, 0.4) is 0 Å². The lowest BCUT2D eigenvalue weighted by Gasteiger charge is -2.34. The molecular weight excluding hydrogens is 400 g/mol. The highest BCUT2D eigenvalue weighted by atomic mass is 32.1. The fourth-order valence-electron chi connectivity index (χ4n) is 3.83. The van der Waals surface area contributed by atoms with Gasteiger partial charge in [0.2, 0.25) is 5.13 Å². The van der Waals surface area contributed by atoms with Gasteiger partial charge in [-0.25, -0.2) is 14.3 Å². The average molecular weight is 427 g/mol. The van der Waals surface area contributed by atoms with Crippen LogP contribution in [0.25, 0.3) is 5.82 Å². The molecule has 0 amide bonds. The number of aromatic nitrogens is 6. The molecule has 0 aromatic carbocycles. The van der Waals surface area contributed by atoms with Crippen molar-refractivity contribution in [2.24, 2.45) is 0 Å². The third-order valence-corrected chi connectivity index (χ3v) is 6.51. The Labute approximate surface area is 179 Å². The number of piperazine rings is 1. The van der Waals surface area contributed by atoms with Gasteiger partial charge < -0.3 is 4.90 Å². The molecule has 3 aromatic rings. The molecule has 0 spiro atoms. The van der Waals surface area contributed by atoms with Gasteiger partial charge in [0.1, 0.15) is 5.82 Å². The molecule has 3 aromatic heterocycles. The minimum absolute atomic E-state index is 0.0830. The second-order valence-corrected chi connectivity index (χ2v) is 8.86. The van der Waals surface area contributed by atoms with Crippen LogP contribution in [0.4, 0.5) is 5.13 Å². The Morgan fingerprint density at radius 3 is 2.57 bits per heavy atom. The molecule has 1 aliphatic carbocycles. The van der Waals surface area contributed by atoms with Crippen LogP contribution in [0, 0.1) is 13.8 Å². The van der Waals surface area contributed by atoms with Gasteiger partial charge in [-0.2, -0.15) is 9.47 Å². The standard InChI is InChI=1S/C20H26N8OS/c1-14-13-15(2)28(22-14)17-5-6-18(29)27(23-17)12-9-25-7-10-26(11-8-25)20-21-19(24-30-20)16-3-4-16/h5-6,13,16H,3-4,7-12H2,1-2H3. The number of hydrogen-bond donors (Lipinski definition) is 0. The van der Waals surface area contributed by atoms with E-state index in [2.05, 4.69) is 24.4 Å². The van der Waals surface area contributed by atoms with Crippen molar-refractivity contribution in [1.82, 2.24) is 33.8 Å². The summed E-state index contributed by atoms with van der Waals surface area (Å²) in [5.74, 6) is 2.31. The number of aryl methyl sites for hydroxylation is 2. The van der Waals surface area contributed by atoms with Gasteiger partial charge in [0.25, 0.3) is 5.56 Å². The SMILES string of the molecule is Cc1cc(C)n(-c2ccc(=O)n(CCN3CCN(c4nc(C5CC5)ns4)CC3)n2)n1. The summed E-state index contributed by atoms with van der Waals surface area (Å²) < 4.78 is 7.85. The van der Waals surface area contributed by atoms with Gasteiger partial charge in [-0.15, -0.1) is 5.10 Å². The van der Waals surface area contributed by atoms with E-state index in [9.17, 15) is 4.79 Å². The van der Waals surface area contributed by atoms with Crippen LogP contribution in [0.2, 0.25) is 0 Å². The first-order valence-electron chi connectivity index (χ1n) is 10.5. The highest BCUT2D eigenvalue weighted by Crippen LogP contribution is 2.39. The van der Waals surface area contributed by atoms with Gasteiger partial charge in [0.05, 0.1) is 12.2 Å². The Morgan fingerprint density at radius 2 is 1.87 bits per heavy atom. The first kappa shape index (κ1) is 19.4. The van der Waals surface area contributed by atoms with Crippen molar-refractivity contribution in [3.05, 3.63) is 45.8 Å². The molecule has 5 rings (SSSR count). The largest absolute Gasteiger partial charge is 0.344 e. The van der Waals surface area contributed by atoms with Crippen LogP contribution in [0.1, 0.15) is 36.0 Å². The van der Waals surface area contributed by atoms with Crippen molar-refractivity contribution in [3.8, 4) is 5.82 Å². The number of anilines is 1. The minimum atomic E-state index is -0.0830. The van der Waals surface area contributed by atoms with E-state index >= 15 is 0 Å². The number of rotatable bonds is 6. The van der Waals surface area contributed by atoms with E-state index in [-0.39, 0.29) is 5.56 Å². The minimum Gasteiger partial charge on any atom is -0.344 e. The molecule has 0 unspecified atom stereocenters. The summed E-state index contributed by atoms with van der Waals surface area (Å²) in [4.78, 5) is 21.7. The van der Waals surface area contributed by atoms with E-state index in [0.29, 0.717) is 18.3 Å². The van der Waals surface area contributed by atoms with E-state index in [4.69, 9.17) is 4.98 Å². The van der Waals surface area contributed by atoms with Crippen molar-refractivity contribution >= 4 is 16.7 Å². The number of nitrogens with zero attached hydrogens (tertiary/aromatic N) is 8. The Hall–Kier alpha value is -2.59. The maximum atomic E-state index is 12.3. The van der Waals surface area contributed by atoms with Crippen molar-refractivity contribution in [2.45, 2.75) is 39.2 Å². The third-order valence-electron chi connectivity index (χ3n) is 5.72. The van der Waals surface area contributed by atoms with Crippen LogP contribution in [0.15, 0.2) is 23.0 Å². The summed E-state index contributed by atoms with van der Waals surface area (Å²) in [6.07, 6.45) is 2.47. The molecule has 4 heterocycles. The molecule has 2 aliphatic rings. The van der Waals surface area contributed by atoms with E-state index in [1.165, 1.54) is 24.4 Å². The Morgan fingerprint density at radius 1 is 1.07 bits per heavy atom. The summed E-state index contributed by atoms with van der Waals surface area (Å²) in [5, 5.41) is 10.1. The van der Waals surface area contributed by atoms with Gasteiger partial charge in [-0.1, -0.05) is 0 Å². The van der Waals surface area contributed by atoms with E-state index in [0.717, 1.165) is 55.1 Å². The zero-order valence-electron chi connectivity index (χ0n) is 17.4. The van der Waals surface area contributed by atoms with Crippen molar-refractivity contribution in [1.29, 1.82) is 0 Å². The van der Waals surface area contributed by atoms with Gasteiger partial charge in [-0.05, 0) is 38.8 Å². The molecule has 158 valence electrons. The van der Waals surface area contributed by atoms with Gasteiger partial charge in [-0.3, -0.25) is 9.69 Å². The summed E-state index contributed by atoms with van der Waals surface area (Å²) in [6.45, 7) is 9.08. The summed E-state index contributed by atoms with van der Waals surface area (Å²) in [7, 11) is 0. The molecule has 1 saturated heterocycles. The molecule has 0 radical (unpaired) electrons. The summed E-state index contributed by atoms with van der Waals surface area (Å²) in [6, 6.07) is 5.31. The van der Waals surface area contributed by atoms with Gasteiger partial charge in [0, 0.05) is 61.9 Å². The summed E-state index contributed by atoms with van der Waals surface area (Å²) >= 11 is 1.52. The monoisotopic (exact) mass is 426 g/mol. The molecule has 0 atom stereocenters. The molecular formula is C20H26N8OS. The molecule has 2 fully saturated rings. The zero-order chi connectivity index (χ0) is 20.7. The Bertz CT molecular complexity index is 1090. The topological polar surface area (TPSA) is 85.0 Å². The molecule has 1 aliphatic heterocycles. The van der Waals surface area contributed by atoms with Gasteiger partial charge in [0.15, 0.2) is 5.82 Å². The normalized spacial score (nSPS) is 17.6. The second-order valence-electron chi connectivity index (χ2n) is 8.13. The summed E-state index contributed by atoms with van der Waals surface area (Å²) in [5.41, 5.74) is 1.85. The zero-order valence-corrected chi connectivity index (χ0v) is 18.2. The smallest absolute Gasteiger partial charge is 0.266 e. The van der Waals surface area contributed by atoms with Crippen LogP contribution in [0.5, 0.6) is 0 Å². The third kappa shape index (κ3) is 4.01. The predicted molar refractivity (Wildman–Crippen MR) is 116 cm³/mol. The van der Waals surface area contributed by atoms with E-state index < -0.39 is 0 Å². The maximum absolute atomic E-state index is 12.3. The van der Waals surface area contributed by atoms with Crippen LogP contribution >= 0.6 is 11.5 Å². The molecule has 9 nitrogen and oxygen atoms in total. The predicted octanol–water partition coefficient (Wildman–Crippen LogP) is 1.60. The molecule has 0 N–H and O–H groups in total. The van der Waals surface area contributed by atoms with Gasteiger partial charge >= 0.3 is 0 Å².